The van der Waals surface area contributed by atoms with Crippen molar-refractivity contribution in [2.24, 2.45) is 0 Å². The molecule has 0 unspecified atom stereocenters. The molecule has 3 fully saturated rings. The molecule has 10 heteroatoms. The monoisotopic (exact) mass is 387 g/mol. The van der Waals surface area contributed by atoms with Crippen LogP contribution in [0.1, 0.15) is 32.1 Å². The highest BCUT2D eigenvalue weighted by Gasteiger charge is 2.53. The number of carbonyl (C=O) groups excluding carboxylic acids is 3. The summed E-state index contributed by atoms with van der Waals surface area (Å²) >= 11 is 0. The van der Waals surface area contributed by atoms with Crippen molar-refractivity contribution in [1.82, 2.24) is 15.1 Å². The molecule has 2 heterocycles. The molecule has 3 rings (SSSR count). The standard InChI is InChI=1S/C16H25N3O6S/c1-25-8-7-18(12-4-9-26(23,24)11-12)13(20)10-19-14(21)16(17-15(19)22)5-2-3-6-16/h12H,2-11H2,1H3,(H,17,22)/t12-/m0/s1. The SMILES string of the molecule is COCCN(C(=O)CN1C(=O)NC2(CCCC2)C1=O)[C@H]1CCS(=O)(=O)C1. The Labute approximate surface area is 152 Å². The Morgan fingerprint density at radius 3 is 2.62 bits per heavy atom. The molecular weight excluding hydrogens is 362 g/mol. The number of nitrogens with zero attached hydrogens (tertiary/aromatic N) is 2. The Balaban J connectivity index is 1.71. The van der Waals surface area contributed by atoms with Crippen LogP contribution < -0.4 is 5.32 Å². The number of ether oxygens (including phenoxy) is 1. The maximum absolute atomic E-state index is 12.8. The van der Waals surface area contributed by atoms with Crippen LogP contribution in [0.3, 0.4) is 0 Å². The van der Waals surface area contributed by atoms with Crippen LogP contribution in [0.2, 0.25) is 0 Å². The average Bonchev–Trinajstić information content (AvgIpc) is 3.24. The van der Waals surface area contributed by atoms with E-state index in [1.54, 1.807) is 0 Å². The number of carbonyl (C=O) groups is 3. The average molecular weight is 387 g/mol. The van der Waals surface area contributed by atoms with E-state index in [9.17, 15) is 22.8 Å². The lowest BCUT2D eigenvalue weighted by Crippen LogP contribution is -2.49. The first kappa shape index (κ1) is 19.1. The minimum atomic E-state index is -3.16. The molecule has 0 radical (unpaired) electrons. The lowest BCUT2D eigenvalue weighted by atomic mass is 9.98. The fraction of sp³-hybridized carbons (Fsp3) is 0.812. The van der Waals surface area contributed by atoms with Gasteiger partial charge in [0.2, 0.25) is 5.91 Å². The molecule has 1 atom stereocenters. The second-order valence-electron chi connectivity index (χ2n) is 7.25. The van der Waals surface area contributed by atoms with Crippen molar-refractivity contribution in [2.75, 3.05) is 38.3 Å². The first-order valence-corrected chi connectivity index (χ1v) is 10.7. The molecule has 0 bridgehead atoms. The summed E-state index contributed by atoms with van der Waals surface area (Å²) < 4.78 is 28.5. The van der Waals surface area contributed by atoms with Crippen LogP contribution in [0.25, 0.3) is 0 Å². The van der Waals surface area contributed by atoms with Crippen LogP contribution in [0.15, 0.2) is 0 Å². The topological polar surface area (TPSA) is 113 Å². The number of urea groups is 1. The van der Waals surface area contributed by atoms with Crippen LogP contribution in [-0.4, -0.2) is 86.0 Å². The number of hydrogen-bond donors (Lipinski definition) is 1. The maximum atomic E-state index is 12.8. The number of nitrogens with one attached hydrogen (secondary N) is 1. The van der Waals surface area contributed by atoms with E-state index in [0.29, 0.717) is 19.3 Å². The summed E-state index contributed by atoms with van der Waals surface area (Å²) in [6.45, 7) is 0.114. The summed E-state index contributed by atoms with van der Waals surface area (Å²) in [5.74, 6) is -0.825. The summed E-state index contributed by atoms with van der Waals surface area (Å²) in [6.07, 6.45) is 3.29. The van der Waals surface area contributed by atoms with Gasteiger partial charge in [-0.3, -0.25) is 14.5 Å². The predicted molar refractivity (Wildman–Crippen MR) is 92.1 cm³/mol. The third-order valence-corrected chi connectivity index (χ3v) is 7.25. The Morgan fingerprint density at radius 2 is 2.04 bits per heavy atom. The van der Waals surface area contributed by atoms with E-state index in [-0.39, 0.29) is 37.1 Å². The fourth-order valence-electron chi connectivity index (χ4n) is 4.09. The maximum Gasteiger partial charge on any atom is 0.325 e. The molecule has 4 amide bonds. The van der Waals surface area contributed by atoms with Crippen LogP contribution in [-0.2, 0) is 24.2 Å². The number of hydrogen-bond acceptors (Lipinski definition) is 6. The molecule has 1 spiro atoms. The van der Waals surface area contributed by atoms with Crippen molar-refractivity contribution in [3.05, 3.63) is 0 Å². The second kappa shape index (κ2) is 7.15. The minimum absolute atomic E-state index is 0.0423. The van der Waals surface area contributed by atoms with Gasteiger partial charge < -0.3 is 15.0 Å². The smallest absolute Gasteiger partial charge is 0.325 e. The van der Waals surface area contributed by atoms with Gasteiger partial charge >= 0.3 is 6.03 Å². The molecule has 1 saturated carbocycles. The van der Waals surface area contributed by atoms with Crippen molar-refractivity contribution >= 4 is 27.7 Å². The Kier molecular flexibility index (Phi) is 5.25. The molecule has 9 nitrogen and oxygen atoms in total. The molecule has 0 aromatic heterocycles. The number of amides is 4. The van der Waals surface area contributed by atoms with Gasteiger partial charge in [0.15, 0.2) is 9.84 Å². The van der Waals surface area contributed by atoms with Gasteiger partial charge in [-0.05, 0) is 19.3 Å². The Morgan fingerprint density at radius 1 is 1.35 bits per heavy atom. The second-order valence-corrected chi connectivity index (χ2v) is 9.48. The normalized spacial score (nSPS) is 26.5. The summed E-state index contributed by atoms with van der Waals surface area (Å²) in [6, 6.07) is -0.986. The van der Waals surface area contributed by atoms with Gasteiger partial charge in [-0.15, -0.1) is 0 Å². The first-order chi connectivity index (χ1) is 12.3. The zero-order chi connectivity index (χ0) is 18.9. The minimum Gasteiger partial charge on any atom is -0.383 e. The highest BCUT2D eigenvalue weighted by Crippen LogP contribution is 2.35. The molecule has 0 aromatic carbocycles. The van der Waals surface area contributed by atoms with Gasteiger partial charge in [0.1, 0.15) is 12.1 Å². The van der Waals surface area contributed by atoms with E-state index in [0.717, 1.165) is 17.7 Å². The molecule has 2 aliphatic heterocycles. The fourth-order valence-corrected chi connectivity index (χ4v) is 5.82. The third-order valence-electron chi connectivity index (χ3n) is 5.50. The molecule has 26 heavy (non-hydrogen) atoms. The number of sulfone groups is 1. The van der Waals surface area contributed by atoms with Gasteiger partial charge in [0.05, 0.1) is 18.1 Å². The van der Waals surface area contributed by atoms with Crippen LogP contribution in [0.4, 0.5) is 4.79 Å². The number of rotatable bonds is 6. The van der Waals surface area contributed by atoms with E-state index in [1.165, 1.54) is 12.0 Å². The summed E-state index contributed by atoms with van der Waals surface area (Å²) in [7, 11) is -1.67. The van der Waals surface area contributed by atoms with E-state index in [1.807, 2.05) is 0 Å². The molecular formula is C16H25N3O6S. The van der Waals surface area contributed by atoms with Crippen molar-refractivity contribution in [3.8, 4) is 0 Å². The van der Waals surface area contributed by atoms with Gasteiger partial charge in [-0.25, -0.2) is 13.2 Å². The molecule has 2 saturated heterocycles. The van der Waals surface area contributed by atoms with Gasteiger partial charge in [0.25, 0.3) is 5.91 Å². The Hall–Kier alpha value is -1.68. The molecule has 1 N–H and O–H groups in total. The van der Waals surface area contributed by atoms with Gasteiger partial charge in [0, 0.05) is 19.7 Å². The Bertz CT molecular complexity index is 701. The lowest BCUT2D eigenvalue weighted by molar-refractivity contribution is -0.140. The summed E-state index contributed by atoms with van der Waals surface area (Å²) in [4.78, 5) is 40.1. The van der Waals surface area contributed by atoms with E-state index < -0.39 is 33.4 Å². The first-order valence-electron chi connectivity index (χ1n) is 8.91. The summed E-state index contributed by atoms with van der Waals surface area (Å²) in [5.41, 5.74) is -0.856. The molecule has 146 valence electrons. The number of imide groups is 1. The third kappa shape index (κ3) is 3.57. The molecule has 3 aliphatic rings. The van der Waals surface area contributed by atoms with Crippen molar-refractivity contribution < 1.29 is 27.5 Å². The van der Waals surface area contributed by atoms with Crippen molar-refractivity contribution in [1.29, 1.82) is 0 Å². The van der Waals surface area contributed by atoms with Crippen molar-refractivity contribution in [3.63, 3.8) is 0 Å². The highest BCUT2D eigenvalue weighted by atomic mass is 32.2. The van der Waals surface area contributed by atoms with Gasteiger partial charge in [-0.2, -0.15) is 0 Å². The van der Waals surface area contributed by atoms with E-state index in [4.69, 9.17) is 4.74 Å². The summed E-state index contributed by atoms with van der Waals surface area (Å²) in [5, 5.41) is 2.75. The van der Waals surface area contributed by atoms with Crippen LogP contribution >= 0.6 is 0 Å². The number of methoxy groups -OCH3 is 1. The molecule has 1 aliphatic carbocycles. The quantitative estimate of drug-likeness (QED) is 0.616. The van der Waals surface area contributed by atoms with Crippen molar-refractivity contribution in [2.45, 2.75) is 43.7 Å². The largest absolute Gasteiger partial charge is 0.383 e. The van der Waals surface area contributed by atoms with Crippen LogP contribution in [0.5, 0.6) is 0 Å². The lowest BCUT2D eigenvalue weighted by Gasteiger charge is -2.29. The van der Waals surface area contributed by atoms with Gasteiger partial charge in [-0.1, -0.05) is 12.8 Å². The zero-order valence-electron chi connectivity index (χ0n) is 14.9. The molecule has 0 aromatic rings. The zero-order valence-corrected chi connectivity index (χ0v) is 15.7. The van der Waals surface area contributed by atoms with Crippen LogP contribution in [0, 0.1) is 0 Å². The highest BCUT2D eigenvalue weighted by molar-refractivity contribution is 7.91. The van der Waals surface area contributed by atoms with E-state index >= 15 is 0 Å². The predicted octanol–water partition coefficient (Wildman–Crippen LogP) is -0.487. The van der Waals surface area contributed by atoms with E-state index in [2.05, 4.69) is 5.32 Å².